The number of carbonyl (C=O) groups excluding carboxylic acids is 2. The molecular weight excluding hydrogens is 644 g/mol. The van der Waals surface area contributed by atoms with E-state index in [1.165, 1.54) is 38.5 Å². The molecule has 4 aliphatic rings. The van der Waals surface area contributed by atoms with Crippen LogP contribution in [-0.4, -0.2) is 57.9 Å². The Labute approximate surface area is 270 Å². The monoisotopic (exact) mass is 678 g/mol. The van der Waals surface area contributed by atoms with E-state index in [-0.39, 0.29) is 45.7 Å². The topological polar surface area (TPSA) is 89.4 Å². The molecule has 0 saturated carbocycles. The predicted molar refractivity (Wildman–Crippen MR) is 159 cm³/mol. The molecule has 40 heavy (non-hydrogen) atoms. The van der Waals surface area contributed by atoms with Gasteiger partial charge in [-0.05, 0) is 87.0 Å². The molecule has 8 nitrogen and oxygen atoms in total. The number of ketones is 2. The van der Waals surface area contributed by atoms with Crippen molar-refractivity contribution in [1.82, 2.24) is 20.7 Å². The van der Waals surface area contributed by atoms with Crippen LogP contribution < -0.4 is 10.9 Å². The second-order valence-electron chi connectivity index (χ2n) is 9.35. The standard InChI is InChI=1S/2C14H19N3OS.2Cu/c2*1-11(12-7-3-4-8-13(12)18)15-16-14(19)17-9-5-2-6-10-17;;/h2*3-4,7-8,15H,2,5-6,9-10H2,1H3,(H,16,19);;/q;;2*+1/p-2/b2*12-11-;;. The fraction of sp³-hybridized carbons (Fsp3) is 0.429. The van der Waals surface area contributed by atoms with E-state index in [1.54, 1.807) is 36.5 Å². The first kappa shape index (κ1) is 35.8. The van der Waals surface area contributed by atoms with E-state index in [1.807, 2.05) is 26.0 Å². The van der Waals surface area contributed by atoms with Gasteiger partial charge in [0.2, 0.25) is 0 Å². The zero-order valence-electron chi connectivity index (χ0n) is 22.7. The van der Waals surface area contributed by atoms with Gasteiger partial charge in [-0.15, -0.1) is 0 Å². The molecule has 0 unspecified atom stereocenters. The molecule has 2 aliphatic carbocycles. The largest absolute Gasteiger partial charge is 1.00 e. The number of likely N-dealkylation sites (tertiary alicyclic amines) is 2. The molecule has 12 heteroatoms. The number of carbonyl (C=O) groups is 2. The molecule has 2 fully saturated rings. The number of piperidine rings is 2. The van der Waals surface area contributed by atoms with Gasteiger partial charge < -0.3 is 35.1 Å². The predicted octanol–water partition coefficient (Wildman–Crippen LogP) is 3.69. The van der Waals surface area contributed by atoms with Gasteiger partial charge in [-0.1, -0.05) is 24.3 Å². The normalized spacial score (nSPS) is 21.6. The number of nitrogens with zero attached hydrogens (tertiary/aromatic N) is 4. The van der Waals surface area contributed by atoms with Crippen LogP contribution in [0.4, 0.5) is 0 Å². The van der Waals surface area contributed by atoms with E-state index < -0.39 is 0 Å². The third-order valence-corrected chi connectivity index (χ3v) is 7.17. The molecule has 4 rings (SSSR count). The number of hydrogen-bond acceptors (Lipinski definition) is 8. The Morgan fingerprint density at radius 1 is 0.625 bits per heavy atom. The SMILES string of the molecule is C/C(N/N=C(/[S-])N1CCCCC1)=C1\C=CC=CC1=O.C/C(N/N=C(\[S-])N1CCCCC1)=C1\C=CC=CC1=O.[Cu+].[Cu+]. The van der Waals surface area contributed by atoms with Gasteiger partial charge in [0.25, 0.3) is 0 Å². The van der Waals surface area contributed by atoms with Gasteiger partial charge in [-0.2, -0.15) is 10.2 Å². The summed E-state index contributed by atoms with van der Waals surface area (Å²) in [6.07, 6.45) is 21.0. The minimum atomic E-state index is -0.00779. The summed E-state index contributed by atoms with van der Waals surface area (Å²) in [5.74, 6) is -0.0156. The minimum absolute atomic E-state index is 0. The summed E-state index contributed by atoms with van der Waals surface area (Å²) in [5.41, 5.74) is 8.51. The maximum Gasteiger partial charge on any atom is 1.00 e. The van der Waals surface area contributed by atoms with Crippen molar-refractivity contribution in [3.63, 3.8) is 0 Å². The van der Waals surface area contributed by atoms with Crippen LogP contribution in [0, 0.1) is 0 Å². The van der Waals surface area contributed by atoms with E-state index in [4.69, 9.17) is 25.3 Å². The summed E-state index contributed by atoms with van der Waals surface area (Å²) in [4.78, 5) is 27.5. The average Bonchev–Trinajstić information content (AvgIpc) is 2.96. The van der Waals surface area contributed by atoms with Gasteiger partial charge in [0.1, 0.15) is 0 Å². The first-order valence-corrected chi connectivity index (χ1v) is 13.9. The maximum absolute atomic E-state index is 11.7. The number of nitrogens with one attached hydrogen (secondary N) is 2. The van der Waals surface area contributed by atoms with Crippen LogP contribution in [-0.2, 0) is 69.0 Å². The molecule has 0 aromatic carbocycles. The van der Waals surface area contributed by atoms with Crippen molar-refractivity contribution in [2.45, 2.75) is 52.4 Å². The van der Waals surface area contributed by atoms with E-state index >= 15 is 0 Å². The van der Waals surface area contributed by atoms with Gasteiger partial charge in [-0.25, -0.2) is 0 Å². The fourth-order valence-electron chi connectivity index (χ4n) is 4.25. The van der Waals surface area contributed by atoms with E-state index in [2.05, 4.69) is 30.9 Å². The molecule has 2 heterocycles. The Kier molecular flexibility index (Phi) is 17.0. The maximum atomic E-state index is 11.7. The summed E-state index contributed by atoms with van der Waals surface area (Å²) >= 11 is 10.6. The molecule has 0 aromatic rings. The van der Waals surface area contributed by atoms with Crippen LogP contribution in [0.15, 0.2) is 81.4 Å². The molecule has 224 valence electrons. The van der Waals surface area contributed by atoms with Gasteiger partial charge in [0, 0.05) is 48.7 Å². The smallest absolute Gasteiger partial charge is 0.741 e. The second-order valence-corrected chi connectivity index (χ2v) is 10.1. The number of rotatable bonds is 4. The third kappa shape index (κ3) is 11.4. The summed E-state index contributed by atoms with van der Waals surface area (Å²) in [7, 11) is 0. The molecule has 2 N–H and O–H groups in total. The van der Waals surface area contributed by atoms with Crippen LogP contribution >= 0.6 is 0 Å². The first-order valence-electron chi connectivity index (χ1n) is 13.1. The molecule has 0 aromatic heterocycles. The molecule has 2 aliphatic heterocycles. The summed E-state index contributed by atoms with van der Waals surface area (Å²) in [6, 6.07) is 0. The van der Waals surface area contributed by atoms with Crippen molar-refractivity contribution >= 4 is 47.2 Å². The number of allylic oxidation sites excluding steroid dienone is 12. The van der Waals surface area contributed by atoms with Crippen molar-refractivity contribution < 1.29 is 43.7 Å². The molecule has 0 amide bonds. The van der Waals surface area contributed by atoms with E-state index in [0.717, 1.165) is 37.6 Å². The van der Waals surface area contributed by atoms with Gasteiger partial charge in [-0.3, -0.25) is 20.4 Å². The van der Waals surface area contributed by atoms with Crippen LogP contribution in [0.25, 0.3) is 0 Å². The van der Waals surface area contributed by atoms with E-state index in [9.17, 15) is 9.59 Å². The summed E-state index contributed by atoms with van der Waals surface area (Å²) < 4.78 is 0. The second kappa shape index (κ2) is 19.0. The van der Waals surface area contributed by atoms with Crippen LogP contribution in [0.1, 0.15) is 52.4 Å². The van der Waals surface area contributed by atoms with Gasteiger partial charge in [0.15, 0.2) is 11.6 Å². The number of hydrogen-bond donors (Lipinski definition) is 2. The van der Waals surface area contributed by atoms with Crippen molar-refractivity contribution in [2.24, 2.45) is 10.2 Å². The molecular formula is C28H36Cu2N6O2S2. The Bertz CT molecular complexity index is 1040. The van der Waals surface area contributed by atoms with Gasteiger partial charge >= 0.3 is 34.1 Å². The zero-order valence-corrected chi connectivity index (χ0v) is 26.2. The quantitative estimate of drug-likeness (QED) is 0.116. The Morgan fingerprint density at radius 3 is 1.27 bits per heavy atom. The third-order valence-electron chi connectivity index (χ3n) is 6.47. The first-order chi connectivity index (χ1) is 18.4. The zero-order chi connectivity index (χ0) is 27.3. The van der Waals surface area contributed by atoms with Crippen molar-refractivity contribution in [1.29, 1.82) is 0 Å². The Hall–Kier alpha value is -2.20. The van der Waals surface area contributed by atoms with Crippen LogP contribution in [0.5, 0.6) is 0 Å². The molecule has 2 saturated heterocycles. The van der Waals surface area contributed by atoms with Gasteiger partial charge in [0.05, 0.1) is 0 Å². The van der Waals surface area contributed by atoms with Crippen molar-refractivity contribution in [3.8, 4) is 0 Å². The average molecular weight is 680 g/mol. The molecule has 0 atom stereocenters. The van der Waals surface area contributed by atoms with Crippen molar-refractivity contribution in [2.75, 3.05) is 26.2 Å². The number of amidine groups is 2. The summed E-state index contributed by atoms with van der Waals surface area (Å²) in [5, 5.41) is 9.54. The number of hydrazone groups is 2. The van der Waals surface area contributed by atoms with Crippen LogP contribution in [0.3, 0.4) is 0 Å². The molecule has 0 bridgehead atoms. The summed E-state index contributed by atoms with van der Waals surface area (Å²) in [6.45, 7) is 7.56. The fourth-order valence-corrected chi connectivity index (χ4v) is 4.70. The Balaban J connectivity index is 0.000000381. The molecule has 0 spiro atoms. The van der Waals surface area contributed by atoms with Crippen molar-refractivity contribution in [3.05, 3.63) is 71.1 Å². The molecule has 0 radical (unpaired) electrons. The van der Waals surface area contributed by atoms with Crippen LogP contribution in [0.2, 0.25) is 0 Å². The minimum Gasteiger partial charge on any atom is -0.741 e. The Morgan fingerprint density at radius 2 is 0.950 bits per heavy atom. The van der Waals surface area contributed by atoms with E-state index in [0.29, 0.717) is 21.5 Å².